The molecule has 0 aromatic heterocycles. The fourth-order valence-electron chi connectivity index (χ4n) is 0.456. The lowest BCUT2D eigenvalue weighted by Gasteiger charge is -1.99. The van der Waals surface area contributed by atoms with Gasteiger partial charge in [0.1, 0.15) is 12.7 Å². The third-order valence-electron chi connectivity index (χ3n) is 1.15. The van der Waals surface area contributed by atoms with Crippen LogP contribution >= 0.6 is 0 Å². The SMILES string of the molecule is B.C=C(C)C(=O)OCC1CO1. The molecule has 1 saturated heterocycles. The third-order valence-corrected chi connectivity index (χ3v) is 1.15. The fourth-order valence-corrected chi connectivity index (χ4v) is 0.456. The van der Waals surface area contributed by atoms with Crippen molar-refractivity contribution in [1.29, 1.82) is 0 Å². The van der Waals surface area contributed by atoms with Crippen LogP contribution in [0, 0.1) is 0 Å². The molecule has 0 spiro atoms. The maximum absolute atomic E-state index is 10.7. The summed E-state index contributed by atoms with van der Waals surface area (Å²) in [6, 6.07) is 0. The summed E-state index contributed by atoms with van der Waals surface area (Å²) >= 11 is 0. The van der Waals surface area contributed by atoms with Gasteiger partial charge in [0.05, 0.1) is 15.0 Å². The summed E-state index contributed by atoms with van der Waals surface area (Å²) in [7, 11) is 0. The fraction of sp³-hybridized carbons (Fsp3) is 0.571. The first kappa shape index (κ1) is 10.2. The third kappa shape index (κ3) is 3.83. The molecule has 62 valence electrons. The number of esters is 1. The molecule has 0 bridgehead atoms. The van der Waals surface area contributed by atoms with Gasteiger partial charge < -0.3 is 9.47 Å². The zero-order chi connectivity index (χ0) is 7.56. The van der Waals surface area contributed by atoms with Crippen LogP contribution < -0.4 is 0 Å². The highest BCUT2D eigenvalue weighted by Gasteiger charge is 2.24. The smallest absolute Gasteiger partial charge is 0.333 e. The Labute approximate surface area is 67.9 Å². The molecule has 1 heterocycles. The molecule has 3 nitrogen and oxygen atoms in total. The van der Waals surface area contributed by atoms with Crippen LogP contribution in [0.25, 0.3) is 0 Å². The van der Waals surface area contributed by atoms with E-state index in [9.17, 15) is 4.79 Å². The van der Waals surface area contributed by atoms with Crippen LogP contribution in [0.1, 0.15) is 6.92 Å². The summed E-state index contributed by atoms with van der Waals surface area (Å²) in [6.45, 7) is 6.14. The summed E-state index contributed by atoms with van der Waals surface area (Å²) in [4.78, 5) is 10.7. The van der Waals surface area contributed by atoms with Crippen molar-refractivity contribution < 1.29 is 14.3 Å². The van der Waals surface area contributed by atoms with Crippen molar-refractivity contribution in [3.63, 3.8) is 0 Å². The summed E-state index contributed by atoms with van der Waals surface area (Å²) in [6.07, 6.45) is 0.142. The average molecular weight is 156 g/mol. The van der Waals surface area contributed by atoms with Gasteiger partial charge in [-0.2, -0.15) is 0 Å². The first-order chi connectivity index (χ1) is 4.70. The Morgan fingerprint density at radius 3 is 2.73 bits per heavy atom. The Balaban J connectivity index is 0.000001000. The van der Waals surface area contributed by atoms with Crippen molar-refractivity contribution in [3.8, 4) is 0 Å². The van der Waals surface area contributed by atoms with E-state index >= 15 is 0 Å². The quantitative estimate of drug-likeness (QED) is 0.235. The topological polar surface area (TPSA) is 38.8 Å². The molecule has 0 saturated carbocycles. The molecule has 4 heteroatoms. The number of rotatable bonds is 3. The maximum atomic E-state index is 10.7. The van der Waals surface area contributed by atoms with Crippen molar-refractivity contribution in [1.82, 2.24) is 0 Å². The normalized spacial score (nSPS) is 19.9. The lowest BCUT2D eigenvalue weighted by atomic mass is 10.4. The summed E-state index contributed by atoms with van der Waals surface area (Å²) in [5.41, 5.74) is 0.431. The Hall–Kier alpha value is -0.765. The second kappa shape index (κ2) is 4.18. The van der Waals surface area contributed by atoms with Gasteiger partial charge >= 0.3 is 5.97 Å². The molecule has 1 atom stereocenters. The molecular weight excluding hydrogens is 143 g/mol. The van der Waals surface area contributed by atoms with Crippen molar-refractivity contribution in [2.45, 2.75) is 13.0 Å². The number of hydrogen-bond acceptors (Lipinski definition) is 3. The van der Waals surface area contributed by atoms with Crippen molar-refractivity contribution in [3.05, 3.63) is 12.2 Å². The number of epoxide rings is 1. The molecule has 1 fully saturated rings. The average Bonchev–Trinajstić information content (AvgIpc) is 2.64. The van der Waals surface area contributed by atoms with E-state index in [0.717, 1.165) is 0 Å². The van der Waals surface area contributed by atoms with E-state index in [1.54, 1.807) is 6.92 Å². The summed E-state index contributed by atoms with van der Waals surface area (Å²) in [5.74, 6) is -0.337. The highest BCUT2D eigenvalue weighted by atomic mass is 16.6. The molecule has 0 aliphatic carbocycles. The van der Waals surface area contributed by atoms with Crippen LogP contribution in [0.15, 0.2) is 12.2 Å². The molecular formula is C7H13BO3. The van der Waals surface area contributed by atoms with Gasteiger partial charge in [-0.3, -0.25) is 0 Å². The first-order valence-corrected chi connectivity index (χ1v) is 3.14. The van der Waals surface area contributed by atoms with E-state index in [1.165, 1.54) is 0 Å². The Kier molecular flexibility index (Phi) is 3.89. The first-order valence-electron chi connectivity index (χ1n) is 3.14. The maximum Gasteiger partial charge on any atom is 0.333 e. The monoisotopic (exact) mass is 156 g/mol. The molecule has 1 aliphatic rings. The highest BCUT2D eigenvalue weighted by Crippen LogP contribution is 2.09. The highest BCUT2D eigenvalue weighted by molar-refractivity contribution is 5.86. The van der Waals surface area contributed by atoms with Crippen LogP contribution in [0.5, 0.6) is 0 Å². The molecule has 1 aliphatic heterocycles. The van der Waals surface area contributed by atoms with Crippen LogP contribution in [0.3, 0.4) is 0 Å². The second-order valence-electron chi connectivity index (χ2n) is 2.33. The van der Waals surface area contributed by atoms with Crippen LogP contribution in [0.4, 0.5) is 0 Å². The van der Waals surface area contributed by atoms with Gasteiger partial charge in [-0.25, -0.2) is 4.79 Å². The predicted molar refractivity (Wildman–Crippen MR) is 45.5 cm³/mol. The zero-order valence-electron chi connectivity index (χ0n) is 5.92. The summed E-state index contributed by atoms with van der Waals surface area (Å²) in [5, 5.41) is 0. The van der Waals surface area contributed by atoms with Gasteiger partial charge in [0.25, 0.3) is 0 Å². The Morgan fingerprint density at radius 2 is 2.36 bits per heavy atom. The number of hydrogen-bond donors (Lipinski definition) is 0. The number of carbonyl (C=O) groups excluding carboxylic acids is 1. The number of carbonyl (C=O) groups is 1. The minimum absolute atomic E-state index is 0. The predicted octanol–water partition coefficient (Wildman–Crippen LogP) is -0.679. The van der Waals surface area contributed by atoms with E-state index in [1.807, 2.05) is 0 Å². The Bertz CT molecular complexity index is 163. The van der Waals surface area contributed by atoms with E-state index < -0.39 is 0 Å². The standard InChI is InChI=1S/C7H10O3.BH3/c1-5(2)7(8)10-4-6-3-9-6;/h6H,1,3-4H2,2H3;1H3. The largest absolute Gasteiger partial charge is 0.459 e. The van der Waals surface area contributed by atoms with Crippen molar-refractivity contribution in [2.24, 2.45) is 0 Å². The van der Waals surface area contributed by atoms with Crippen LogP contribution in [0.2, 0.25) is 0 Å². The van der Waals surface area contributed by atoms with Gasteiger partial charge in [0.15, 0.2) is 0 Å². The van der Waals surface area contributed by atoms with E-state index in [-0.39, 0.29) is 20.5 Å². The van der Waals surface area contributed by atoms with Crippen molar-refractivity contribution in [2.75, 3.05) is 13.2 Å². The van der Waals surface area contributed by atoms with Crippen LogP contribution in [-0.2, 0) is 14.3 Å². The lowest BCUT2D eigenvalue weighted by Crippen LogP contribution is -2.09. The zero-order valence-corrected chi connectivity index (χ0v) is 5.92. The Morgan fingerprint density at radius 1 is 1.82 bits per heavy atom. The van der Waals surface area contributed by atoms with Crippen molar-refractivity contribution >= 4 is 14.4 Å². The van der Waals surface area contributed by atoms with E-state index in [0.29, 0.717) is 18.8 Å². The van der Waals surface area contributed by atoms with Gasteiger partial charge in [-0.05, 0) is 6.92 Å². The van der Waals surface area contributed by atoms with E-state index in [2.05, 4.69) is 6.58 Å². The molecule has 1 rings (SSSR count). The summed E-state index contributed by atoms with van der Waals surface area (Å²) < 4.78 is 9.60. The lowest BCUT2D eigenvalue weighted by molar-refractivity contribution is -0.139. The minimum Gasteiger partial charge on any atom is -0.459 e. The molecule has 0 aromatic rings. The molecule has 0 amide bonds. The second-order valence-corrected chi connectivity index (χ2v) is 2.33. The van der Waals surface area contributed by atoms with E-state index in [4.69, 9.17) is 9.47 Å². The van der Waals surface area contributed by atoms with Gasteiger partial charge in [0.2, 0.25) is 0 Å². The van der Waals surface area contributed by atoms with Gasteiger partial charge in [-0.15, -0.1) is 0 Å². The van der Waals surface area contributed by atoms with Gasteiger partial charge in [-0.1, -0.05) is 6.58 Å². The minimum atomic E-state index is -0.337. The number of ether oxygens (including phenoxy) is 2. The molecule has 1 unspecified atom stereocenters. The molecule has 0 radical (unpaired) electrons. The molecule has 11 heavy (non-hydrogen) atoms. The van der Waals surface area contributed by atoms with Gasteiger partial charge in [0, 0.05) is 5.57 Å². The molecule has 0 aromatic carbocycles. The molecule has 0 N–H and O–H groups in total. The van der Waals surface area contributed by atoms with Crippen LogP contribution in [-0.4, -0.2) is 33.7 Å².